The molecule has 516 valence electrons. The molecule has 95 heavy (non-hydrogen) atoms. The van der Waals surface area contributed by atoms with Crippen LogP contribution in [0.3, 0.4) is 0 Å². The Bertz CT molecular complexity index is 3700. The van der Waals surface area contributed by atoms with Crippen LogP contribution < -0.4 is 35.6 Å². The number of halogens is 6. The van der Waals surface area contributed by atoms with Gasteiger partial charge in [-0.05, 0) is 41.5 Å². The number of carbonyl (C=O) groups is 6. The monoisotopic (exact) mass is 1340 g/mol. The van der Waals surface area contributed by atoms with Gasteiger partial charge in [0.15, 0.2) is 45.6 Å². The predicted octanol–water partition coefficient (Wildman–Crippen LogP) is 3.36. The summed E-state index contributed by atoms with van der Waals surface area (Å²) in [6, 6.07) is 0. The first-order valence-corrected chi connectivity index (χ1v) is 29.8. The van der Waals surface area contributed by atoms with Crippen molar-refractivity contribution in [3.63, 3.8) is 0 Å². The summed E-state index contributed by atoms with van der Waals surface area (Å²) in [7, 11) is 5.71. The lowest BCUT2D eigenvalue weighted by molar-refractivity contribution is -0.154. The average molecular weight is 1350 g/mol. The smallest absolute Gasteiger partial charge is 0.414 e. The zero-order chi connectivity index (χ0) is 69.3. The van der Waals surface area contributed by atoms with Crippen molar-refractivity contribution in [3.05, 3.63) is 24.8 Å². The van der Waals surface area contributed by atoms with E-state index < -0.39 is 72.5 Å². The minimum Gasteiger partial charge on any atom is -0.474 e. The molecule has 0 aliphatic carbocycles. The number of aliphatic carboxylic acids is 1. The van der Waals surface area contributed by atoms with Crippen molar-refractivity contribution in [2.24, 2.45) is 0 Å². The molecule has 4 aliphatic rings. The van der Waals surface area contributed by atoms with Gasteiger partial charge in [0.25, 0.3) is 0 Å². The summed E-state index contributed by atoms with van der Waals surface area (Å²) in [6.45, 7) is 13.9. The topological polar surface area (TPSA) is 357 Å². The lowest BCUT2D eigenvalue weighted by atomic mass is 10.2. The van der Waals surface area contributed by atoms with Gasteiger partial charge in [-0.1, -0.05) is 0 Å². The SMILES string of the molecule is CC(C)(C)OC(=O)Nc1ncc(-c2nc(N3CCOCC3)c3nc(N4CCNCC4)n(CC(F)(F)F)c3n2)cn1.CN(C)C(=O)C(=O)N1CCN(c2nc3c(N4CCOCC4)nc(-c4cnc(NC(=O)OC(C)(C)C)nc4)nc3n2CC(F)(F)F)CC1.CN(C)C(=O)C(=O)O. The standard InChI is InChI=1S/C28H36F3N11O5.C24H31F3N10O3.C4H7NO3/c1-27(2,3)47-26(45)37-24-32-14-17(15-33-24)19-35-20(39-10-12-46-13-11-39)18-21(36-19)42(16-28(29,30)31)25(34-18)41-8-6-40(7-9-41)23(44)22(43)38(4)5;1-23(2,3)40-22(38)34-20-29-12-15(13-30-20)17-32-18(35-8-10-39-11-9-35)16-19(33-17)37(14-24(25,26)27)21(31-16)36-6-4-28-5-7-36;1-5(2)3(6)4(7)8/h14-15H,6-13,16H2,1-5H3,(H,32,33,37,45);12-13,28H,4-11,14H2,1-3H3,(H,29,30,34,38);1-2H3,(H,7,8). The highest BCUT2D eigenvalue weighted by molar-refractivity contribution is 6.34. The quantitative estimate of drug-likeness (QED) is 0.113. The summed E-state index contributed by atoms with van der Waals surface area (Å²) >= 11 is 0. The number of fused-ring (bicyclic) bond motifs is 2. The van der Waals surface area contributed by atoms with Crippen molar-refractivity contribution in [2.75, 3.05) is 163 Å². The average Bonchev–Trinajstić information content (AvgIpc) is 1.62. The van der Waals surface area contributed by atoms with Crippen molar-refractivity contribution in [1.82, 2.24) is 79.0 Å². The first kappa shape index (κ1) is 71.2. The Balaban J connectivity index is 0.000000220. The number of carbonyl (C=O) groups excluding carboxylic acids is 5. The van der Waals surface area contributed by atoms with E-state index in [-0.39, 0.29) is 89.5 Å². The first-order chi connectivity index (χ1) is 44.6. The molecule has 39 heteroatoms. The number of carboxylic acid groups (broad SMARTS) is 1. The number of hydrogen-bond donors (Lipinski definition) is 4. The molecule has 0 bridgehead atoms. The Kier molecular flexibility index (Phi) is 22.3. The van der Waals surface area contributed by atoms with E-state index in [1.807, 2.05) is 14.7 Å². The number of aromatic nitrogens is 12. The lowest BCUT2D eigenvalue weighted by Gasteiger charge is -2.35. The van der Waals surface area contributed by atoms with Crippen LogP contribution in [-0.2, 0) is 51.2 Å². The second kappa shape index (κ2) is 29.7. The molecule has 4 N–H and O–H groups in total. The fourth-order valence-electron chi connectivity index (χ4n) is 9.63. The highest BCUT2D eigenvalue weighted by Crippen LogP contribution is 2.36. The number of piperazine rings is 2. The van der Waals surface area contributed by atoms with Gasteiger partial charge < -0.3 is 63.7 Å². The number of hydrogen-bond acceptors (Lipinski definition) is 25. The third kappa shape index (κ3) is 19.3. The molecule has 0 radical (unpaired) electrons. The number of alkyl halides is 6. The van der Waals surface area contributed by atoms with Crippen LogP contribution in [0.1, 0.15) is 41.5 Å². The Labute approximate surface area is 539 Å². The van der Waals surface area contributed by atoms with Crippen molar-refractivity contribution in [1.29, 1.82) is 0 Å². The summed E-state index contributed by atoms with van der Waals surface area (Å²) in [4.78, 5) is 124. The van der Waals surface area contributed by atoms with E-state index in [0.29, 0.717) is 96.0 Å². The summed E-state index contributed by atoms with van der Waals surface area (Å²) in [6.07, 6.45) is -5.11. The number of rotatable bonds is 10. The van der Waals surface area contributed by atoms with E-state index in [9.17, 15) is 55.1 Å². The minimum absolute atomic E-state index is 0.00408. The van der Waals surface area contributed by atoms with E-state index in [2.05, 4.69) is 55.8 Å². The van der Waals surface area contributed by atoms with Crippen LogP contribution in [0.2, 0.25) is 0 Å². The number of anilines is 6. The number of ether oxygens (including phenoxy) is 4. The summed E-state index contributed by atoms with van der Waals surface area (Å²) in [5.74, 6) is -2.61. The van der Waals surface area contributed by atoms with Gasteiger partial charge in [-0.25, -0.2) is 64.2 Å². The van der Waals surface area contributed by atoms with Crippen LogP contribution in [-0.4, -0.2) is 271 Å². The minimum atomic E-state index is -4.62. The molecule has 0 atom stereocenters. The van der Waals surface area contributed by atoms with Gasteiger partial charge in [0.05, 0.1) is 37.6 Å². The molecular weight excluding hydrogens is 1270 g/mol. The molecular formula is C56H74F6N22O11. The second-order valence-corrected chi connectivity index (χ2v) is 24.1. The first-order valence-electron chi connectivity index (χ1n) is 29.8. The van der Waals surface area contributed by atoms with Crippen LogP contribution in [0.5, 0.6) is 0 Å². The van der Waals surface area contributed by atoms with Crippen LogP contribution in [0.25, 0.3) is 45.1 Å². The van der Waals surface area contributed by atoms with E-state index >= 15 is 0 Å². The molecule has 0 unspecified atom stereocenters. The highest BCUT2D eigenvalue weighted by atomic mass is 19.4. The van der Waals surface area contributed by atoms with Crippen molar-refractivity contribution in [3.8, 4) is 22.8 Å². The Morgan fingerprint density at radius 2 is 0.895 bits per heavy atom. The molecule has 33 nitrogen and oxygen atoms in total. The summed E-state index contributed by atoms with van der Waals surface area (Å²) in [5.41, 5.74) is -0.337. The van der Waals surface area contributed by atoms with Gasteiger partial charge in [-0.2, -0.15) is 26.3 Å². The van der Waals surface area contributed by atoms with Crippen molar-refractivity contribution >= 4 is 93.6 Å². The normalized spacial score (nSPS) is 15.7. The summed E-state index contributed by atoms with van der Waals surface area (Å²) < 4.78 is 107. The largest absolute Gasteiger partial charge is 0.474 e. The lowest BCUT2D eigenvalue weighted by Crippen LogP contribution is -2.53. The third-order valence-electron chi connectivity index (χ3n) is 13.9. The number of nitrogens with zero attached hydrogens (tertiary/aromatic N) is 19. The predicted molar refractivity (Wildman–Crippen MR) is 329 cm³/mol. The van der Waals surface area contributed by atoms with Gasteiger partial charge >= 0.3 is 48.2 Å². The molecule has 6 aromatic heterocycles. The van der Waals surface area contributed by atoms with Crippen molar-refractivity contribution in [2.45, 2.75) is 78.2 Å². The summed E-state index contributed by atoms with van der Waals surface area (Å²) in [5, 5.41) is 16.0. The number of imidazole rings is 2. The Morgan fingerprint density at radius 3 is 1.22 bits per heavy atom. The molecule has 0 saturated carbocycles. The van der Waals surface area contributed by atoms with Crippen molar-refractivity contribution < 1.29 is 79.2 Å². The maximum atomic E-state index is 14.1. The van der Waals surface area contributed by atoms with E-state index in [0.717, 1.165) is 14.0 Å². The van der Waals surface area contributed by atoms with Crippen LogP contribution in [0.4, 0.5) is 71.4 Å². The fourth-order valence-corrected chi connectivity index (χ4v) is 9.63. The number of amides is 5. The fraction of sp³-hybridized carbons (Fsp3) is 0.571. The highest BCUT2D eigenvalue weighted by Gasteiger charge is 2.38. The van der Waals surface area contributed by atoms with Gasteiger partial charge in [0.1, 0.15) is 24.3 Å². The molecule has 6 aromatic rings. The maximum Gasteiger partial charge on any atom is 0.414 e. The molecule has 10 heterocycles. The van der Waals surface area contributed by atoms with Gasteiger partial charge in [-0.15, -0.1) is 0 Å². The molecule has 5 amide bonds. The Hall–Kier alpha value is -9.66. The van der Waals surface area contributed by atoms with E-state index in [1.54, 1.807) is 46.4 Å². The number of morpholine rings is 2. The van der Waals surface area contributed by atoms with Crippen LogP contribution in [0.15, 0.2) is 24.8 Å². The van der Waals surface area contributed by atoms with Crippen LogP contribution >= 0.6 is 0 Å². The van der Waals surface area contributed by atoms with E-state index in [1.165, 1.54) is 62.8 Å². The second-order valence-electron chi connectivity index (χ2n) is 24.1. The Morgan fingerprint density at radius 1 is 0.526 bits per heavy atom. The molecule has 0 aromatic carbocycles. The van der Waals surface area contributed by atoms with E-state index in [4.69, 9.17) is 34.0 Å². The van der Waals surface area contributed by atoms with Gasteiger partial charge in [0, 0.05) is 132 Å². The zero-order valence-corrected chi connectivity index (χ0v) is 53.8. The maximum absolute atomic E-state index is 14.1. The molecule has 4 fully saturated rings. The van der Waals surface area contributed by atoms with Crippen LogP contribution in [0, 0.1) is 0 Å². The number of carboxylic acids is 1. The van der Waals surface area contributed by atoms with Gasteiger partial charge in [-0.3, -0.25) is 34.2 Å². The molecule has 0 spiro atoms. The van der Waals surface area contributed by atoms with Gasteiger partial charge in [0.2, 0.25) is 23.8 Å². The number of likely N-dealkylation sites (N-methyl/N-ethyl adjacent to an activating group) is 2. The molecule has 4 saturated heterocycles. The zero-order valence-electron chi connectivity index (χ0n) is 53.8. The molecule has 10 rings (SSSR count). The third-order valence-corrected chi connectivity index (χ3v) is 13.9. The molecule has 4 aliphatic heterocycles. The number of nitrogens with one attached hydrogen (secondary N) is 3.